The van der Waals surface area contributed by atoms with Crippen LogP contribution in [0.4, 0.5) is 0 Å². The summed E-state index contributed by atoms with van der Waals surface area (Å²) in [4.78, 5) is 0. The van der Waals surface area contributed by atoms with Gasteiger partial charge in [0.05, 0.1) is 11.6 Å². The second kappa shape index (κ2) is 37.2. The van der Waals surface area contributed by atoms with E-state index in [4.69, 9.17) is 0 Å². The van der Waals surface area contributed by atoms with Gasteiger partial charge in [-0.3, -0.25) is 0 Å². The van der Waals surface area contributed by atoms with E-state index >= 15 is 0 Å². The molecule has 0 radical (unpaired) electrons. The molecule has 0 bridgehead atoms. The third-order valence-corrected chi connectivity index (χ3v) is 24.7. The lowest BCUT2D eigenvalue weighted by molar-refractivity contribution is 1.48. The first kappa shape index (κ1) is 80.9. The van der Waals surface area contributed by atoms with Gasteiger partial charge < -0.3 is 0 Å². The van der Waals surface area contributed by atoms with Gasteiger partial charge in [-0.2, -0.15) is 5.26 Å². The van der Waals surface area contributed by atoms with Crippen LogP contribution in [0.1, 0.15) is 50.1 Å². The Bertz CT molecular complexity index is 8730. The molecule has 0 heterocycles. The molecule has 0 spiro atoms. The van der Waals surface area contributed by atoms with E-state index in [0.717, 1.165) is 55.3 Å². The normalized spacial score (nSPS) is 10.8. The van der Waals surface area contributed by atoms with Crippen LogP contribution in [0.15, 0.2) is 491 Å². The first-order valence-corrected chi connectivity index (χ1v) is 44.6. The van der Waals surface area contributed by atoms with Crippen molar-refractivity contribution < 1.29 is 0 Å². The van der Waals surface area contributed by atoms with Gasteiger partial charge in [-0.15, -0.1) is 0 Å². The predicted molar refractivity (Wildman–Crippen MR) is 560 cm³/mol. The second-order valence-corrected chi connectivity index (χ2v) is 32.9. The molecule has 1 heteroatoms. The average Bonchev–Trinajstić information content (AvgIpc) is 0.601. The molecule has 24 aromatic carbocycles. The fourth-order valence-electron chi connectivity index (χ4n) is 18.2. The Morgan fingerprint density at radius 2 is 0.386 bits per heavy atom. The van der Waals surface area contributed by atoms with Crippen molar-refractivity contribution in [2.24, 2.45) is 0 Å². The van der Waals surface area contributed by atoms with Crippen LogP contribution in [0.5, 0.6) is 0 Å². The molecule has 0 aromatic heterocycles. The van der Waals surface area contributed by atoms with E-state index in [1.54, 1.807) is 6.07 Å². The van der Waals surface area contributed by atoms with Crippen molar-refractivity contribution in [1.29, 1.82) is 5.26 Å². The number of fused-ring (bicyclic) bond motifs is 11. The van der Waals surface area contributed by atoms with Crippen LogP contribution in [0.3, 0.4) is 0 Å². The molecule has 0 saturated heterocycles. The zero-order chi connectivity index (χ0) is 88.3. The molecule has 0 atom stereocenters. The van der Waals surface area contributed by atoms with E-state index in [1.807, 2.05) is 24.3 Å². The fourth-order valence-corrected chi connectivity index (χ4v) is 18.2. The Balaban J connectivity index is 0.000000108. The fraction of sp³-hybridized carbons (Fsp3) is 0. The monoisotopic (exact) mass is 1670 g/mol. The maximum Gasteiger partial charge on any atom is 0.0992 e. The number of nitriles is 1. The summed E-state index contributed by atoms with van der Waals surface area (Å²) in [5.74, 6) is 27.6. The molecular weight excluding hydrogens is 1590 g/mol. The number of rotatable bonds is 5. The predicted octanol–water partition coefficient (Wildman–Crippen LogP) is 33.2. The molecule has 0 amide bonds. The van der Waals surface area contributed by atoms with E-state index < -0.39 is 0 Å². The molecule has 132 heavy (non-hydrogen) atoms. The molecule has 0 unspecified atom stereocenters. The van der Waals surface area contributed by atoms with Crippen LogP contribution < -0.4 is 0 Å². The minimum atomic E-state index is 0.619. The summed E-state index contributed by atoms with van der Waals surface area (Å²) in [6, 6.07) is 174. The van der Waals surface area contributed by atoms with Gasteiger partial charge >= 0.3 is 0 Å². The summed E-state index contributed by atoms with van der Waals surface area (Å²) in [7, 11) is 0. The van der Waals surface area contributed by atoms with Gasteiger partial charge in [0.25, 0.3) is 0 Å². The van der Waals surface area contributed by atoms with Gasteiger partial charge in [0, 0.05) is 44.5 Å². The highest BCUT2D eigenvalue weighted by atomic mass is 14.2. The zero-order valence-corrected chi connectivity index (χ0v) is 72.2. The maximum absolute atomic E-state index is 9.24. The molecule has 0 aliphatic carbocycles. The Morgan fingerprint density at radius 1 is 0.121 bits per heavy atom. The van der Waals surface area contributed by atoms with Crippen LogP contribution in [0, 0.1) is 58.7 Å². The number of hydrogen-bond acceptors (Lipinski definition) is 1. The number of nitrogens with zero attached hydrogens (tertiary/aromatic N) is 1. The summed E-state index contributed by atoms with van der Waals surface area (Å²) >= 11 is 0. The van der Waals surface area contributed by atoms with Crippen LogP contribution in [0.2, 0.25) is 0 Å². The summed E-state index contributed by atoms with van der Waals surface area (Å²) in [6.45, 7) is 0. The Hall–Kier alpha value is -18.1. The van der Waals surface area contributed by atoms with Crippen LogP contribution in [-0.4, -0.2) is 0 Å². The van der Waals surface area contributed by atoms with E-state index in [1.165, 1.54) is 163 Å². The van der Waals surface area contributed by atoms with E-state index in [0.29, 0.717) is 5.56 Å². The number of benzene rings is 24. The summed E-state index contributed by atoms with van der Waals surface area (Å²) in [6.07, 6.45) is 0. The van der Waals surface area contributed by atoms with Gasteiger partial charge in [-0.25, -0.2) is 0 Å². The van der Waals surface area contributed by atoms with E-state index in [9.17, 15) is 5.26 Å². The molecular formula is C131H81N. The van der Waals surface area contributed by atoms with Crippen molar-refractivity contribution in [2.75, 3.05) is 0 Å². The lowest BCUT2D eigenvalue weighted by atomic mass is 9.87. The Kier molecular flexibility index (Phi) is 22.8. The van der Waals surface area contributed by atoms with Gasteiger partial charge in [-0.05, 0) is 259 Å². The zero-order valence-electron chi connectivity index (χ0n) is 72.2. The highest BCUT2D eigenvalue weighted by Crippen LogP contribution is 2.44. The van der Waals surface area contributed by atoms with Gasteiger partial charge in [0.2, 0.25) is 0 Å². The summed E-state index contributed by atoms with van der Waals surface area (Å²) < 4.78 is 0. The van der Waals surface area contributed by atoms with E-state index in [-0.39, 0.29) is 0 Å². The molecule has 0 saturated carbocycles. The van der Waals surface area contributed by atoms with Crippen LogP contribution in [0.25, 0.3) is 174 Å². The van der Waals surface area contributed by atoms with Gasteiger partial charge in [0.1, 0.15) is 0 Å². The largest absolute Gasteiger partial charge is 0.192 e. The SMILES string of the molecule is C(#Cc1c2ccccc2c(-c2ccccc2)c2ccc(-c3ccccc3)cc12)c1ccc(-c2ccc3ccccc3c2)cc1.C(#Cc1c2ccccc2cc2ccccc12)c1ccc(-c2ccccc2)cc1.C(#Cc1c2ccccc2cc2ccccc12)c1ccc2ccccc2c1.N#Cc1cccc(C#Cc2c3ccccc3c(-c3ccc4ccccc4c3)c3ccccc23)c1. The molecule has 610 valence electrons. The van der Waals surface area contributed by atoms with Crippen molar-refractivity contribution in [1.82, 2.24) is 0 Å². The van der Waals surface area contributed by atoms with Crippen LogP contribution >= 0.6 is 0 Å². The van der Waals surface area contributed by atoms with Crippen molar-refractivity contribution in [3.63, 3.8) is 0 Å². The lowest BCUT2D eigenvalue weighted by Crippen LogP contribution is -1.91. The Labute approximate surface area is 768 Å². The quantitative estimate of drug-likeness (QED) is 0.124. The molecule has 24 aromatic rings. The molecule has 0 fully saturated rings. The smallest absolute Gasteiger partial charge is 0.0992 e. The topological polar surface area (TPSA) is 23.8 Å². The van der Waals surface area contributed by atoms with Crippen molar-refractivity contribution in [3.05, 3.63) is 541 Å². The van der Waals surface area contributed by atoms with E-state index in [2.05, 4.69) is 514 Å². The lowest BCUT2D eigenvalue weighted by Gasteiger charge is -2.16. The standard InChI is InChI=1S/C44H28.C33H19N.C28H18.C26H16/c1-3-11-32(12-4-1)38-26-28-42-43(30-38)40(39-17-9-10-18-41(39)44(42)35-14-5-2-6-15-35)27-21-31-19-22-34(23-20-31)37-25-24-33-13-7-8-16-36(33)29-37;34-22-24-9-7-8-23(20-24)16-19-30-28-12-3-5-14-31(28)33(32-15-6-4-13-29(30)32)27-18-17-25-10-1-2-11-26(25)21-27;1-2-8-22(9-3-1)23-17-14-21(15-18-23)16-19-28-26-12-6-4-10-24(26)20-25-11-5-7-13-27(25)28;1-2-8-21-17-19(13-15-20(21)7-1)14-16-26-24-11-5-3-9-22(24)18-23-10-4-6-12-25(23)26/h1-20,22-26,28-30H;1-15,17-18,20-21H;1-15,17-18,20H;1-13,15,17-18H. The summed E-state index contributed by atoms with van der Waals surface area (Å²) in [5, 5.41) is 35.8. The molecule has 0 aliphatic heterocycles. The first-order chi connectivity index (χ1) is 65.4. The van der Waals surface area contributed by atoms with Crippen molar-refractivity contribution in [2.45, 2.75) is 0 Å². The Morgan fingerprint density at radius 3 is 0.833 bits per heavy atom. The highest BCUT2D eigenvalue weighted by molar-refractivity contribution is 6.19. The molecule has 0 N–H and O–H groups in total. The minimum Gasteiger partial charge on any atom is -0.192 e. The van der Waals surface area contributed by atoms with Crippen molar-refractivity contribution in [3.8, 4) is 109 Å². The van der Waals surface area contributed by atoms with Gasteiger partial charge in [-0.1, -0.05) is 454 Å². The third kappa shape index (κ3) is 17.1. The van der Waals surface area contributed by atoms with Gasteiger partial charge in [0.15, 0.2) is 0 Å². The summed E-state index contributed by atoms with van der Waals surface area (Å²) in [5.41, 5.74) is 20.9. The highest BCUT2D eigenvalue weighted by Gasteiger charge is 2.19. The van der Waals surface area contributed by atoms with Crippen molar-refractivity contribution >= 4 is 118 Å². The number of hydrogen-bond donors (Lipinski definition) is 0. The maximum atomic E-state index is 9.24. The molecule has 24 rings (SSSR count). The molecule has 0 aliphatic rings. The average molecular weight is 1670 g/mol. The first-order valence-electron chi connectivity index (χ1n) is 44.6. The third-order valence-electron chi connectivity index (χ3n) is 24.7. The van der Waals surface area contributed by atoms with Crippen LogP contribution in [-0.2, 0) is 0 Å². The second-order valence-electron chi connectivity index (χ2n) is 32.9. The molecule has 1 nitrogen and oxygen atoms in total. The minimum absolute atomic E-state index is 0.619.